The van der Waals surface area contributed by atoms with Crippen molar-refractivity contribution in [2.45, 2.75) is 19.1 Å². The van der Waals surface area contributed by atoms with Crippen molar-refractivity contribution in [3.8, 4) is 0 Å². The molecule has 4 nitrogen and oxygen atoms in total. The summed E-state index contributed by atoms with van der Waals surface area (Å²) in [6, 6.07) is 0.968. The summed E-state index contributed by atoms with van der Waals surface area (Å²) >= 11 is 0. The molecule has 0 radical (unpaired) electrons. The molecule has 1 saturated heterocycles. The molecule has 2 rings (SSSR count). The minimum Gasteiger partial charge on any atom is -0.340 e. The van der Waals surface area contributed by atoms with Crippen LogP contribution in [0, 0.1) is 5.82 Å². The van der Waals surface area contributed by atoms with E-state index in [1.165, 1.54) is 0 Å². The highest BCUT2D eigenvalue weighted by molar-refractivity contribution is 6.06. The number of hydrogen-bond acceptors (Lipinski definition) is 2. The van der Waals surface area contributed by atoms with Crippen LogP contribution in [-0.2, 0) is 11.0 Å². The van der Waals surface area contributed by atoms with E-state index in [4.69, 9.17) is 0 Å². The van der Waals surface area contributed by atoms with Gasteiger partial charge in [0.25, 0.3) is 5.91 Å². The van der Waals surface area contributed by atoms with Gasteiger partial charge in [0, 0.05) is 6.54 Å². The number of nitrogens with zero attached hydrogens (tertiary/aromatic N) is 1. The fourth-order valence-corrected chi connectivity index (χ4v) is 1.92. The van der Waals surface area contributed by atoms with Gasteiger partial charge in [0.15, 0.2) is 5.96 Å². The highest BCUT2D eigenvalue weighted by Gasteiger charge is 2.39. The van der Waals surface area contributed by atoms with E-state index in [2.05, 4.69) is 15.6 Å². The topological polar surface area (TPSA) is 53.5 Å². The standard InChI is InChI=1S/C12H11F4N3O/c1-2-17-11-18-9(10(20)19-11)7-4-3-6(13)5-8(7)12(14,15)16/h3-5,9H,2H2,1H3,(H2,17,18,19,20). The van der Waals surface area contributed by atoms with E-state index >= 15 is 0 Å². The van der Waals surface area contributed by atoms with Gasteiger partial charge >= 0.3 is 6.18 Å². The van der Waals surface area contributed by atoms with Gasteiger partial charge in [0.1, 0.15) is 11.9 Å². The molecule has 1 heterocycles. The zero-order chi connectivity index (χ0) is 14.9. The second-order valence-electron chi connectivity index (χ2n) is 4.12. The van der Waals surface area contributed by atoms with Crippen LogP contribution in [0.5, 0.6) is 0 Å². The van der Waals surface area contributed by atoms with Gasteiger partial charge in [0.2, 0.25) is 0 Å². The van der Waals surface area contributed by atoms with Crippen LogP contribution in [0.2, 0.25) is 0 Å². The molecule has 1 aliphatic rings. The Hall–Kier alpha value is -2.12. The van der Waals surface area contributed by atoms with Gasteiger partial charge in [-0.1, -0.05) is 6.07 Å². The van der Waals surface area contributed by atoms with Crippen LogP contribution in [0.3, 0.4) is 0 Å². The van der Waals surface area contributed by atoms with Crippen molar-refractivity contribution in [3.05, 3.63) is 35.1 Å². The third-order valence-electron chi connectivity index (χ3n) is 2.73. The van der Waals surface area contributed by atoms with Crippen LogP contribution in [0.4, 0.5) is 17.6 Å². The first-order valence-electron chi connectivity index (χ1n) is 5.81. The lowest BCUT2D eigenvalue weighted by atomic mass is 10.00. The second kappa shape index (κ2) is 5.10. The highest BCUT2D eigenvalue weighted by atomic mass is 19.4. The average Bonchev–Trinajstić information content (AvgIpc) is 2.69. The third kappa shape index (κ3) is 2.73. The number of aliphatic imine (C=N–C) groups is 1. The summed E-state index contributed by atoms with van der Waals surface area (Å²) in [7, 11) is 0. The number of nitrogens with one attached hydrogen (secondary N) is 2. The molecular formula is C12H11F4N3O. The molecule has 0 bridgehead atoms. The first kappa shape index (κ1) is 14.3. The van der Waals surface area contributed by atoms with E-state index in [1.807, 2.05) is 0 Å². The first-order chi connectivity index (χ1) is 9.32. The molecule has 2 N–H and O–H groups in total. The van der Waals surface area contributed by atoms with Crippen molar-refractivity contribution >= 4 is 11.9 Å². The van der Waals surface area contributed by atoms with Gasteiger partial charge in [-0.3, -0.25) is 15.1 Å². The summed E-state index contributed by atoms with van der Waals surface area (Å²) in [5.74, 6) is -1.56. The molecule has 1 fully saturated rings. The predicted octanol–water partition coefficient (Wildman–Crippen LogP) is 1.98. The number of benzene rings is 1. The van der Waals surface area contributed by atoms with E-state index in [0.29, 0.717) is 12.6 Å². The summed E-state index contributed by atoms with van der Waals surface area (Å²) in [5.41, 5.74) is -1.51. The fourth-order valence-electron chi connectivity index (χ4n) is 1.92. The molecule has 108 valence electrons. The minimum atomic E-state index is -4.75. The molecule has 8 heteroatoms. The Morgan fingerprint density at radius 3 is 2.65 bits per heavy atom. The lowest BCUT2D eigenvalue weighted by Gasteiger charge is -2.16. The number of alkyl halides is 3. The molecule has 1 aromatic carbocycles. The molecule has 0 aliphatic carbocycles. The van der Waals surface area contributed by atoms with Crippen LogP contribution >= 0.6 is 0 Å². The summed E-state index contributed by atoms with van der Waals surface area (Å²) in [5, 5.41) is 4.89. The van der Waals surface area contributed by atoms with Crippen LogP contribution in [-0.4, -0.2) is 18.4 Å². The maximum atomic E-state index is 13.0. The average molecular weight is 289 g/mol. The Morgan fingerprint density at radius 2 is 2.05 bits per heavy atom. The van der Waals surface area contributed by atoms with Crippen molar-refractivity contribution in [2.24, 2.45) is 4.99 Å². The first-order valence-corrected chi connectivity index (χ1v) is 5.81. The molecule has 20 heavy (non-hydrogen) atoms. The predicted molar refractivity (Wildman–Crippen MR) is 63.4 cm³/mol. The molecule has 0 spiro atoms. The van der Waals surface area contributed by atoms with Crippen LogP contribution in [0.15, 0.2) is 23.2 Å². The summed E-state index contributed by atoms with van der Waals surface area (Å²) in [4.78, 5) is 15.6. The Bertz CT molecular complexity index is 568. The summed E-state index contributed by atoms with van der Waals surface area (Å²) < 4.78 is 51.7. The SMILES string of the molecule is CCN=C1NC(=O)C(c2ccc(F)cc2C(F)(F)F)N1. The summed E-state index contributed by atoms with van der Waals surface area (Å²) in [6.07, 6.45) is -4.75. The van der Waals surface area contributed by atoms with E-state index in [1.54, 1.807) is 6.92 Å². The third-order valence-corrected chi connectivity index (χ3v) is 2.73. The zero-order valence-corrected chi connectivity index (χ0v) is 10.4. The zero-order valence-electron chi connectivity index (χ0n) is 10.4. The quantitative estimate of drug-likeness (QED) is 0.818. The van der Waals surface area contributed by atoms with Gasteiger partial charge in [-0.2, -0.15) is 13.2 Å². The number of halogens is 4. The van der Waals surface area contributed by atoms with Crippen LogP contribution in [0.25, 0.3) is 0 Å². The molecule has 1 unspecified atom stereocenters. The second-order valence-corrected chi connectivity index (χ2v) is 4.12. The van der Waals surface area contributed by atoms with Crippen molar-refractivity contribution in [1.82, 2.24) is 10.6 Å². The Balaban J connectivity index is 2.44. The molecule has 1 aromatic rings. The van der Waals surface area contributed by atoms with E-state index in [0.717, 1.165) is 12.1 Å². The highest BCUT2D eigenvalue weighted by Crippen LogP contribution is 2.35. The number of rotatable bonds is 2. The lowest BCUT2D eigenvalue weighted by Crippen LogP contribution is -2.25. The molecular weight excluding hydrogens is 278 g/mol. The number of hydrogen-bond donors (Lipinski definition) is 2. The molecule has 1 aliphatic heterocycles. The van der Waals surface area contributed by atoms with Gasteiger partial charge in [-0.05, 0) is 24.6 Å². The number of amides is 1. The fraction of sp³-hybridized carbons (Fsp3) is 0.333. The Labute approximate surface area is 111 Å². The van der Waals surface area contributed by atoms with Crippen LogP contribution < -0.4 is 10.6 Å². The van der Waals surface area contributed by atoms with E-state index in [9.17, 15) is 22.4 Å². The number of carbonyl (C=O) groups excluding carboxylic acids is 1. The van der Waals surface area contributed by atoms with Crippen molar-refractivity contribution in [2.75, 3.05) is 6.54 Å². The molecule has 1 amide bonds. The van der Waals surface area contributed by atoms with Crippen molar-refractivity contribution in [3.63, 3.8) is 0 Å². The number of carbonyl (C=O) groups is 1. The largest absolute Gasteiger partial charge is 0.416 e. The van der Waals surface area contributed by atoms with Crippen LogP contribution in [0.1, 0.15) is 24.1 Å². The van der Waals surface area contributed by atoms with Gasteiger partial charge in [-0.25, -0.2) is 4.39 Å². The van der Waals surface area contributed by atoms with E-state index in [-0.39, 0.29) is 11.5 Å². The Kier molecular flexibility index (Phi) is 3.65. The van der Waals surface area contributed by atoms with E-state index < -0.39 is 29.5 Å². The van der Waals surface area contributed by atoms with Gasteiger partial charge in [0.05, 0.1) is 5.56 Å². The van der Waals surface area contributed by atoms with Gasteiger partial charge < -0.3 is 5.32 Å². The van der Waals surface area contributed by atoms with Gasteiger partial charge in [-0.15, -0.1) is 0 Å². The normalized spacial score (nSPS) is 20.9. The maximum Gasteiger partial charge on any atom is 0.416 e. The monoisotopic (exact) mass is 289 g/mol. The molecule has 0 saturated carbocycles. The minimum absolute atomic E-state index is 0.111. The summed E-state index contributed by atoms with van der Waals surface area (Å²) in [6.45, 7) is 2.08. The smallest absolute Gasteiger partial charge is 0.340 e. The maximum absolute atomic E-state index is 13.0. The molecule has 0 aromatic heterocycles. The Morgan fingerprint density at radius 1 is 1.35 bits per heavy atom. The van der Waals surface area contributed by atoms with Crippen molar-refractivity contribution < 1.29 is 22.4 Å². The number of guanidine groups is 1. The van der Waals surface area contributed by atoms with Crippen molar-refractivity contribution in [1.29, 1.82) is 0 Å². The lowest BCUT2D eigenvalue weighted by molar-refractivity contribution is -0.138. The molecule has 1 atom stereocenters.